The second kappa shape index (κ2) is 7.95. The van der Waals surface area contributed by atoms with E-state index in [4.69, 9.17) is 4.74 Å². The Balaban J connectivity index is 1.73. The number of carbonyl (C=O) groups is 2. The number of aryl methyl sites for hydroxylation is 1. The normalized spacial score (nSPS) is 10.6. The van der Waals surface area contributed by atoms with E-state index in [1.807, 2.05) is 50.2 Å². The van der Waals surface area contributed by atoms with Gasteiger partial charge in [0, 0.05) is 17.4 Å². The van der Waals surface area contributed by atoms with Crippen molar-refractivity contribution in [3.63, 3.8) is 0 Å². The number of nitrogens with one attached hydrogen (secondary N) is 2. The van der Waals surface area contributed by atoms with E-state index in [0.29, 0.717) is 23.7 Å². The molecule has 0 spiro atoms. The predicted octanol–water partition coefficient (Wildman–Crippen LogP) is 3.59. The summed E-state index contributed by atoms with van der Waals surface area (Å²) < 4.78 is 5.24. The van der Waals surface area contributed by atoms with Crippen LogP contribution >= 0.6 is 0 Å². The lowest BCUT2D eigenvalue weighted by atomic mass is 10.2. The number of H-pyrrole nitrogens is 1. The molecular weight excluding hydrogens is 342 g/mol. The van der Waals surface area contributed by atoms with Crippen molar-refractivity contribution in [1.29, 1.82) is 0 Å². The minimum atomic E-state index is -0.276. The highest BCUT2D eigenvalue weighted by atomic mass is 16.5. The van der Waals surface area contributed by atoms with E-state index in [2.05, 4.69) is 10.3 Å². The van der Waals surface area contributed by atoms with Gasteiger partial charge in [0.05, 0.1) is 12.8 Å². The molecule has 2 aromatic carbocycles. The molecule has 2 amide bonds. The highest BCUT2D eigenvalue weighted by molar-refractivity contribution is 6.01. The van der Waals surface area contributed by atoms with Crippen LogP contribution in [0.3, 0.4) is 0 Å². The number of fused-ring (bicyclic) bond motifs is 1. The maximum atomic E-state index is 12.8. The summed E-state index contributed by atoms with van der Waals surface area (Å²) in [5, 5.41) is 3.77. The molecule has 0 saturated heterocycles. The van der Waals surface area contributed by atoms with Crippen LogP contribution in [-0.4, -0.2) is 41.9 Å². The summed E-state index contributed by atoms with van der Waals surface area (Å²) in [6.07, 6.45) is 0. The van der Waals surface area contributed by atoms with Gasteiger partial charge in [-0.15, -0.1) is 0 Å². The van der Waals surface area contributed by atoms with Crippen molar-refractivity contribution >= 4 is 28.4 Å². The average molecular weight is 365 g/mol. The number of likely N-dealkylation sites (N-methyl/N-ethyl adjacent to an activating group) is 1. The van der Waals surface area contributed by atoms with Crippen molar-refractivity contribution in [2.45, 2.75) is 13.8 Å². The Morgan fingerprint density at radius 3 is 2.67 bits per heavy atom. The first-order valence-corrected chi connectivity index (χ1v) is 8.83. The van der Waals surface area contributed by atoms with Crippen LogP contribution in [0, 0.1) is 6.92 Å². The maximum Gasteiger partial charge on any atom is 0.270 e. The summed E-state index contributed by atoms with van der Waals surface area (Å²) in [5.74, 6) is 0.0920. The van der Waals surface area contributed by atoms with Gasteiger partial charge >= 0.3 is 0 Å². The van der Waals surface area contributed by atoms with Gasteiger partial charge in [-0.05, 0) is 43.7 Å². The Bertz CT molecular complexity index is 978. The fourth-order valence-electron chi connectivity index (χ4n) is 2.96. The molecule has 0 bridgehead atoms. The van der Waals surface area contributed by atoms with Crippen LogP contribution in [0.15, 0.2) is 48.5 Å². The number of nitrogens with zero attached hydrogens (tertiary/aromatic N) is 1. The van der Waals surface area contributed by atoms with Gasteiger partial charge in [-0.2, -0.15) is 0 Å². The van der Waals surface area contributed by atoms with E-state index in [9.17, 15) is 9.59 Å². The monoisotopic (exact) mass is 365 g/mol. The van der Waals surface area contributed by atoms with Gasteiger partial charge in [-0.25, -0.2) is 0 Å². The van der Waals surface area contributed by atoms with Gasteiger partial charge in [0.1, 0.15) is 18.0 Å². The minimum absolute atomic E-state index is 0.0399. The predicted molar refractivity (Wildman–Crippen MR) is 106 cm³/mol. The van der Waals surface area contributed by atoms with Gasteiger partial charge in [-0.1, -0.05) is 24.3 Å². The number of rotatable bonds is 6. The molecule has 6 nitrogen and oxygen atoms in total. The molecule has 3 rings (SSSR count). The van der Waals surface area contributed by atoms with E-state index in [1.54, 1.807) is 19.2 Å². The van der Waals surface area contributed by atoms with Crippen molar-refractivity contribution in [2.75, 3.05) is 25.5 Å². The average Bonchev–Trinajstić information content (AvgIpc) is 3.09. The fourth-order valence-corrected chi connectivity index (χ4v) is 2.96. The molecular formula is C21H23N3O3. The van der Waals surface area contributed by atoms with Gasteiger partial charge < -0.3 is 19.9 Å². The molecule has 0 unspecified atom stereocenters. The molecule has 2 N–H and O–H groups in total. The van der Waals surface area contributed by atoms with Gasteiger partial charge in [0.25, 0.3) is 5.91 Å². The zero-order chi connectivity index (χ0) is 19.4. The molecule has 1 aromatic heterocycles. The lowest BCUT2D eigenvalue weighted by Gasteiger charge is -2.20. The number of carbonyl (C=O) groups excluding carboxylic acids is 2. The van der Waals surface area contributed by atoms with E-state index in [1.165, 1.54) is 4.90 Å². The number of amides is 2. The molecule has 0 atom stereocenters. The third-order valence-corrected chi connectivity index (χ3v) is 4.39. The summed E-state index contributed by atoms with van der Waals surface area (Å²) in [6.45, 7) is 4.23. The SMILES string of the molecule is CCN(CC(=O)Nc1ccccc1OC)C(=O)c1cc2ccc(C)cc2[nH]1. The zero-order valence-electron chi connectivity index (χ0n) is 15.7. The number of hydrogen-bond donors (Lipinski definition) is 2. The molecule has 0 aliphatic carbocycles. The smallest absolute Gasteiger partial charge is 0.270 e. The quantitative estimate of drug-likeness (QED) is 0.701. The standard InChI is InChI=1S/C21H23N3O3/c1-4-24(13-20(25)23-16-7-5-6-8-19(16)27-3)21(26)18-12-15-10-9-14(2)11-17(15)22-18/h5-12,22H,4,13H2,1-3H3,(H,23,25). The van der Waals surface area contributed by atoms with E-state index in [0.717, 1.165) is 16.5 Å². The number of anilines is 1. The number of aromatic nitrogens is 1. The van der Waals surface area contributed by atoms with Crippen molar-refractivity contribution in [3.8, 4) is 5.75 Å². The summed E-state index contributed by atoms with van der Waals surface area (Å²) in [4.78, 5) is 29.9. The molecule has 0 radical (unpaired) electrons. The van der Waals surface area contributed by atoms with Gasteiger partial charge in [-0.3, -0.25) is 9.59 Å². The van der Waals surface area contributed by atoms with Crippen molar-refractivity contribution in [3.05, 3.63) is 59.8 Å². The Labute approximate surface area is 158 Å². The Morgan fingerprint density at radius 1 is 1.15 bits per heavy atom. The molecule has 0 fully saturated rings. The Kier molecular flexibility index (Phi) is 5.45. The van der Waals surface area contributed by atoms with E-state index < -0.39 is 0 Å². The van der Waals surface area contributed by atoms with Crippen molar-refractivity contribution < 1.29 is 14.3 Å². The van der Waals surface area contributed by atoms with E-state index in [-0.39, 0.29) is 18.4 Å². The summed E-state index contributed by atoms with van der Waals surface area (Å²) in [6, 6.07) is 15.0. The van der Waals surface area contributed by atoms with Crippen LogP contribution in [0.25, 0.3) is 10.9 Å². The summed E-state index contributed by atoms with van der Waals surface area (Å²) in [5.41, 5.74) is 3.08. The van der Waals surface area contributed by atoms with Crippen LogP contribution in [-0.2, 0) is 4.79 Å². The third kappa shape index (κ3) is 4.11. The van der Waals surface area contributed by atoms with Crippen LogP contribution in [0.1, 0.15) is 23.0 Å². The third-order valence-electron chi connectivity index (χ3n) is 4.39. The first-order chi connectivity index (χ1) is 13.0. The fraction of sp³-hybridized carbons (Fsp3) is 0.238. The van der Waals surface area contributed by atoms with Crippen LogP contribution in [0.4, 0.5) is 5.69 Å². The zero-order valence-corrected chi connectivity index (χ0v) is 15.7. The molecule has 27 heavy (non-hydrogen) atoms. The topological polar surface area (TPSA) is 74.4 Å². The highest BCUT2D eigenvalue weighted by Crippen LogP contribution is 2.23. The summed E-state index contributed by atoms with van der Waals surface area (Å²) in [7, 11) is 1.55. The number of benzene rings is 2. The molecule has 0 aliphatic rings. The number of aromatic amines is 1. The number of hydrogen-bond acceptors (Lipinski definition) is 3. The van der Waals surface area contributed by atoms with Gasteiger partial charge in [0.15, 0.2) is 0 Å². The van der Waals surface area contributed by atoms with Crippen LogP contribution in [0.2, 0.25) is 0 Å². The number of ether oxygens (including phenoxy) is 1. The molecule has 0 aliphatic heterocycles. The Morgan fingerprint density at radius 2 is 1.93 bits per heavy atom. The van der Waals surface area contributed by atoms with Crippen molar-refractivity contribution in [2.24, 2.45) is 0 Å². The lowest BCUT2D eigenvalue weighted by molar-refractivity contribution is -0.116. The van der Waals surface area contributed by atoms with Crippen LogP contribution in [0.5, 0.6) is 5.75 Å². The van der Waals surface area contributed by atoms with Crippen molar-refractivity contribution in [1.82, 2.24) is 9.88 Å². The molecule has 0 saturated carbocycles. The first-order valence-electron chi connectivity index (χ1n) is 8.83. The largest absolute Gasteiger partial charge is 0.495 e. The maximum absolute atomic E-state index is 12.8. The second-order valence-corrected chi connectivity index (χ2v) is 6.34. The first kappa shape index (κ1) is 18.5. The second-order valence-electron chi connectivity index (χ2n) is 6.34. The lowest BCUT2D eigenvalue weighted by Crippen LogP contribution is -2.38. The summed E-state index contributed by atoms with van der Waals surface area (Å²) >= 11 is 0. The Hall–Kier alpha value is -3.28. The number of para-hydroxylation sites is 2. The molecule has 140 valence electrons. The molecule has 6 heteroatoms. The number of methoxy groups -OCH3 is 1. The molecule has 1 heterocycles. The van der Waals surface area contributed by atoms with Gasteiger partial charge in [0.2, 0.25) is 5.91 Å². The highest BCUT2D eigenvalue weighted by Gasteiger charge is 2.20. The van der Waals surface area contributed by atoms with E-state index >= 15 is 0 Å². The minimum Gasteiger partial charge on any atom is -0.495 e. The molecule has 3 aromatic rings. The van der Waals surface area contributed by atoms with Crippen LogP contribution < -0.4 is 10.1 Å².